The molecule has 0 N–H and O–H groups in total. The number of piperidine rings is 1. The summed E-state index contributed by atoms with van der Waals surface area (Å²) in [4.78, 5) is 4.88. The lowest BCUT2D eigenvalue weighted by Gasteiger charge is -2.40. The number of aryl methyl sites for hydroxylation is 3. The van der Waals surface area contributed by atoms with Crippen molar-refractivity contribution in [2.75, 3.05) is 27.2 Å². The predicted octanol–water partition coefficient (Wildman–Crippen LogP) is 2.54. The molecule has 0 aromatic carbocycles. The minimum atomic E-state index is 0.429. The Bertz CT molecular complexity index is 657. The normalized spacial score (nSPS) is 22.4. The van der Waals surface area contributed by atoms with Crippen molar-refractivity contribution in [1.29, 1.82) is 0 Å². The topological polar surface area (TPSA) is 50.3 Å². The maximum Gasteiger partial charge on any atom is 0.138 e. The van der Waals surface area contributed by atoms with E-state index in [1.807, 2.05) is 31.8 Å². The predicted molar refractivity (Wildman–Crippen MR) is 93.6 cm³/mol. The van der Waals surface area contributed by atoms with Gasteiger partial charge in [0, 0.05) is 31.9 Å². The van der Waals surface area contributed by atoms with E-state index >= 15 is 0 Å². The standard InChI is InChI=1S/C18H29N5O/c1-13-16(14(2)24-20-13)12-21(3)11-15-7-6-10-22(4)18(15)17-8-9-19-23(17)5/h8-9,15,18H,6-7,10-12H2,1-5H3/t15-,18+/m0/s1. The van der Waals surface area contributed by atoms with Crippen LogP contribution in [0.5, 0.6) is 0 Å². The minimum absolute atomic E-state index is 0.429. The fourth-order valence-electron chi connectivity index (χ4n) is 4.05. The van der Waals surface area contributed by atoms with E-state index in [1.165, 1.54) is 24.1 Å². The second kappa shape index (κ2) is 7.07. The molecule has 6 nitrogen and oxygen atoms in total. The summed E-state index contributed by atoms with van der Waals surface area (Å²) in [7, 11) is 6.47. The molecular weight excluding hydrogens is 302 g/mol. The number of aromatic nitrogens is 3. The molecule has 0 aliphatic carbocycles. The van der Waals surface area contributed by atoms with Gasteiger partial charge in [-0.15, -0.1) is 0 Å². The molecule has 1 aliphatic rings. The molecule has 3 heterocycles. The summed E-state index contributed by atoms with van der Waals surface area (Å²) in [6.07, 6.45) is 4.42. The highest BCUT2D eigenvalue weighted by atomic mass is 16.5. The summed E-state index contributed by atoms with van der Waals surface area (Å²) in [5, 5.41) is 8.45. The van der Waals surface area contributed by atoms with Crippen LogP contribution in [-0.2, 0) is 13.6 Å². The van der Waals surface area contributed by atoms with Crippen LogP contribution in [0.1, 0.15) is 41.6 Å². The van der Waals surface area contributed by atoms with Gasteiger partial charge in [0.15, 0.2) is 0 Å². The molecule has 3 rings (SSSR count). The highest BCUT2D eigenvalue weighted by Crippen LogP contribution is 2.35. The summed E-state index contributed by atoms with van der Waals surface area (Å²) >= 11 is 0. The number of nitrogens with zero attached hydrogens (tertiary/aromatic N) is 5. The van der Waals surface area contributed by atoms with Crippen molar-refractivity contribution in [3.05, 3.63) is 35.0 Å². The molecule has 6 heteroatoms. The molecular formula is C18H29N5O. The SMILES string of the molecule is Cc1noc(C)c1CN(C)C[C@@H]1CCCN(C)[C@H]1c1ccnn1C. The molecule has 0 spiro atoms. The molecule has 0 unspecified atom stereocenters. The average Bonchev–Trinajstić information content (AvgIpc) is 3.08. The molecule has 132 valence electrons. The second-order valence-electron chi connectivity index (χ2n) is 7.21. The molecule has 0 saturated carbocycles. The van der Waals surface area contributed by atoms with Crippen molar-refractivity contribution in [2.45, 2.75) is 39.3 Å². The van der Waals surface area contributed by atoms with E-state index < -0.39 is 0 Å². The van der Waals surface area contributed by atoms with Gasteiger partial charge in [-0.1, -0.05) is 5.16 Å². The first-order valence-electron chi connectivity index (χ1n) is 8.75. The lowest BCUT2D eigenvalue weighted by atomic mass is 9.87. The smallest absolute Gasteiger partial charge is 0.138 e. The van der Waals surface area contributed by atoms with Crippen LogP contribution in [0.15, 0.2) is 16.8 Å². The zero-order valence-corrected chi connectivity index (χ0v) is 15.5. The van der Waals surface area contributed by atoms with Gasteiger partial charge in [0.25, 0.3) is 0 Å². The van der Waals surface area contributed by atoms with E-state index in [0.29, 0.717) is 12.0 Å². The van der Waals surface area contributed by atoms with Crippen molar-refractivity contribution in [3.63, 3.8) is 0 Å². The number of hydrogen-bond donors (Lipinski definition) is 0. The van der Waals surface area contributed by atoms with Crippen LogP contribution < -0.4 is 0 Å². The second-order valence-corrected chi connectivity index (χ2v) is 7.21. The maximum absolute atomic E-state index is 5.30. The summed E-state index contributed by atoms with van der Waals surface area (Å²) < 4.78 is 7.32. The first-order chi connectivity index (χ1) is 11.5. The molecule has 0 radical (unpaired) electrons. The Labute approximate surface area is 144 Å². The van der Waals surface area contributed by atoms with Gasteiger partial charge in [-0.25, -0.2) is 0 Å². The Morgan fingerprint density at radius 3 is 2.75 bits per heavy atom. The lowest BCUT2D eigenvalue weighted by Crippen LogP contribution is -2.41. The molecule has 0 bridgehead atoms. The average molecular weight is 331 g/mol. The quantitative estimate of drug-likeness (QED) is 0.843. The summed E-state index contributed by atoms with van der Waals surface area (Å²) in [5.41, 5.74) is 3.54. The Balaban J connectivity index is 1.73. The Kier molecular flexibility index (Phi) is 5.06. The zero-order valence-electron chi connectivity index (χ0n) is 15.5. The van der Waals surface area contributed by atoms with Crippen LogP contribution in [0.3, 0.4) is 0 Å². The third kappa shape index (κ3) is 3.39. The van der Waals surface area contributed by atoms with Crippen LogP contribution >= 0.6 is 0 Å². The molecule has 1 fully saturated rings. The van der Waals surface area contributed by atoms with E-state index in [-0.39, 0.29) is 0 Å². The van der Waals surface area contributed by atoms with Gasteiger partial charge in [0.05, 0.1) is 17.4 Å². The Hall–Kier alpha value is -1.66. The number of hydrogen-bond acceptors (Lipinski definition) is 5. The minimum Gasteiger partial charge on any atom is -0.361 e. The largest absolute Gasteiger partial charge is 0.361 e. The third-order valence-electron chi connectivity index (χ3n) is 5.32. The molecule has 1 aliphatic heterocycles. The van der Waals surface area contributed by atoms with Gasteiger partial charge in [0.2, 0.25) is 0 Å². The van der Waals surface area contributed by atoms with Gasteiger partial charge in [0.1, 0.15) is 5.76 Å². The van der Waals surface area contributed by atoms with Crippen LogP contribution in [0.4, 0.5) is 0 Å². The fourth-order valence-corrected chi connectivity index (χ4v) is 4.05. The van der Waals surface area contributed by atoms with Crippen molar-refractivity contribution < 1.29 is 4.52 Å². The third-order valence-corrected chi connectivity index (χ3v) is 5.32. The Morgan fingerprint density at radius 1 is 1.33 bits per heavy atom. The van der Waals surface area contributed by atoms with Gasteiger partial charge in [-0.2, -0.15) is 5.10 Å². The highest BCUT2D eigenvalue weighted by Gasteiger charge is 2.33. The molecule has 24 heavy (non-hydrogen) atoms. The zero-order chi connectivity index (χ0) is 17.3. The number of rotatable bonds is 5. The van der Waals surface area contributed by atoms with Gasteiger partial charge in [-0.05, 0) is 59.3 Å². The number of likely N-dealkylation sites (tertiary alicyclic amines) is 1. The maximum atomic E-state index is 5.30. The van der Waals surface area contributed by atoms with Gasteiger partial charge in [-0.3, -0.25) is 9.58 Å². The van der Waals surface area contributed by atoms with E-state index in [0.717, 1.165) is 31.1 Å². The van der Waals surface area contributed by atoms with Crippen LogP contribution in [0, 0.1) is 19.8 Å². The molecule has 2 aromatic heterocycles. The Morgan fingerprint density at radius 2 is 2.12 bits per heavy atom. The van der Waals surface area contributed by atoms with Crippen molar-refractivity contribution in [3.8, 4) is 0 Å². The summed E-state index contributed by atoms with van der Waals surface area (Å²) in [6, 6.07) is 2.59. The fraction of sp³-hybridized carbons (Fsp3) is 0.667. The highest BCUT2D eigenvalue weighted by molar-refractivity contribution is 5.20. The van der Waals surface area contributed by atoms with Crippen LogP contribution in [0.2, 0.25) is 0 Å². The van der Waals surface area contributed by atoms with Crippen LogP contribution in [0.25, 0.3) is 0 Å². The molecule has 2 atom stereocenters. The van der Waals surface area contributed by atoms with Crippen LogP contribution in [-0.4, -0.2) is 51.9 Å². The van der Waals surface area contributed by atoms with Gasteiger partial charge >= 0.3 is 0 Å². The van der Waals surface area contributed by atoms with E-state index in [4.69, 9.17) is 4.52 Å². The first-order valence-corrected chi connectivity index (χ1v) is 8.75. The summed E-state index contributed by atoms with van der Waals surface area (Å²) in [5.74, 6) is 1.54. The van der Waals surface area contributed by atoms with E-state index in [1.54, 1.807) is 0 Å². The lowest BCUT2D eigenvalue weighted by molar-refractivity contribution is 0.0871. The van der Waals surface area contributed by atoms with Gasteiger partial charge < -0.3 is 9.42 Å². The molecule has 1 saturated heterocycles. The van der Waals surface area contributed by atoms with E-state index in [2.05, 4.69) is 40.2 Å². The van der Waals surface area contributed by atoms with Crippen molar-refractivity contribution in [2.24, 2.45) is 13.0 Å². The molecule has 2 aromatic rings. The van der Waals surface area contributed by atoms with Crippen molar-refractivity contribution in [1.82, 2.24) is 24.7 Å². The first kappa shape index (κ1) is 17.2. The molecule has 0 amide bonds. The monoisotopic (exact) mass is 331 g/mol. The van der Waals surface area contributed by atoms with E-state index in [9.17, 15) is 0 Å². The summed E-state index contributed by atoms with van der Waals surface area (Å²) in [6.45, 7) is 7.12. The van der Waals surface area contributed by atoms with Crippen molar-refractivity contribution >= 4 is 0 Å².